The molecule has 0 unspecified atom stereocenters. The average molecular weight is 203 g/mol. The fourth-order valence-electron chi connectivity index (χ4n) is 1.61. The van der Waals surface area contributed by atoms with Gasteiger partial charge in [0, 0.05) is 5.69 Å². The monoisotopic (exact) mass is 203 g/mol. The van der Waals surface area contributed by atoms with E-state index >= 15 is 0 Å². The molecule has 15 heavy (non-hydrogen) atoms. The van der Waals surface area contributed by atoms with Crippen molar-refractivity contribution in [1.29, 1.82) is 0 Å². The molecule has 1 N–H and O–H groups in total. The molecule has 0 bridgehead atoms. The number of aromatic nitrogens is 1. The van der Waals surface area contributed by atoms with Crippen LogP contribution in [-0.2, 0) is 6.42 Å². The van der Waals surface area contributed by atoms with E-state index in [1.54, 1.807) is 13.2 Å². The van der Waals surface area contributed by atoms with Crippen molar-refractivity contribution in [1.82, 2.24) is 4.98 Å². The van der Waals surface area contributed by atoms with Gasteiger partial charge in [-0.2, -0.15) is 0 Å². The highest BCUT2D eigenvalue weighted by molar-refractivity contribution is 5.83. The molecule has 2 rings (SSSR count). The van der Waals surface area contributed by atoms with Gasteiger partial charge < -0.3 is 9.72 Å². The number of methoxy groups -OCH3 is 1. The molecular formula is C12H13NO2. The molecule has 0 saturated heterocycles. The van der Waals surface area contributed by atoms with Gasteiger partial charge in [0.25, 0.3) is 5.56 Å². The lowest BCUT2D eigenvalue weighted by atomic mass is 10.1. The first kappa shape index (κ1) is 9.77. The number of aromatic amines is 1. The third-order valence-electron chi connectivity index (χ3n) is 2.49. The van der Waals surface area contributed by atoms with Crippen LogP contribution in [0.15, 0.2) is 29.1 Å². The second kappa shape index (κ2) is 3.77. The number of nitrogens with one attached hydrogen (secondary N) is 1. The highest BCUT2D eigenvalue weighted by Crippen LogP contribution is 2.18. The Kier molecular flexibility index (Phi) is 2.46. The number of H-pyrrole nitrogens is 1. The van der Waals surface area contributed by atoms with Crippen LogP contribution in [0, 0.1) is 0 Å². The van der Waals surface area contributed by atoms with Crippen LogP contribution in [0.25, 0.3) is 10.8 Å². The summed E-state index contributed by atoms with van der Waals surface area (Å²) in [5.41, 5.74) is 0.904. The maximum atomic E-state index is 11.7. The van der Waals surface area contributed by atoms with Crippen molar-refractivity contribution in [3.8, 4) is 5.75 Å². The fourth-order valence-corrected chi connectivity index (χ4v) is 1.61. The zero-order valence-corrected chi connectivity index (χ0v) is 8.83. The van der Waals surface area contributed by atoms with Crippen molar-refractivity contribution in [2.24, 2.45) is 0 Å². The molecular weight excluding hydrogens is 190 g/mol. The van der Waals surface area contributed by atoms with Gasteiger partial charge in [0.15, 0.2) is 0 Å². The largest absolute Gasteiger partial charge is 0.497 e. The molecule has 0 aliphatic rings. The van der Waals surface area contributed by atoms with E-state index in [4.69, 9.17) is 4.74 Å². The van der Waals surface area contributed by atoms with Gasteiger partial charge in [-0.1, -0.05) is 13.0 Å². The molecule has 1 aromatic carbocycles. The highest BCUT2D eigenvalue weighted by Gasteiger charge is 2.02. The van der Waals surface area contributed by atoms with Gasteiger partial charge in [-0.05, 0) is 30.0 Å². The molecule has 1 heterocycles. The van der Waals surface area contributed by atoms with E-state index in [1.165, 1.54) is 0 Å². The van der Waals surface area contributed by atoms with E-state index in [9.17, 15) is 4.79 Å². The highest BCUT2D eigenvalue weighted by atomic mass is 16.5. The zero-order chi connectivity index (χ0) is 10.8. The molecule has 3 heteroatoms. The normalized spacial score (nSPS) is 10.5. The van der Waals surface area contributed by atoms with Crippen LogP contribution in [0.3, 0.4) is 0 Å². The van der Waals surface area contributed by atoms with Crippen molar-refractivity contribution < 1.29 is 4.74 Å². The van der Waals surface area contributed by atoms with E-state index in [-0.39, 0.29) is 5.56 Å². The molecule has 0 aliphatic carbocycles. The number of benzene rings is 1. The van der Waals surface area contributed by atoms with Crippen LogP contribution in [0.2, 0.25) is 0 Å². The Balaban J connectivity index is 2.74. The van der Waals surface area contributed by atoms with Gasteiger partial charge in [-0.15, -0.1) is 0 Å². The predicted octanol–water partition coefficient (Wildman–Crippen LogP) is 2.10. The van der Waals surface area contributed by atoms with Crippen LogP contribution >= 0.6 is 0 Å². The number of hydrogen-bond acceptors (Lipinski definition) is 2. The summed E-state index contributed by atoms with van der Waals surface area (Å²) in [6.45, 7) is 2.01. The number of aryl methyl sites for hydroxylation is 1. The summed E-state index contributed by atoms with van der Waals surface area (Å²) in [7, 11) is 1.59. The maximum Gasteiger partial charge on any atom is 0.256 e. The topological polar surface area (TPSA) is 42.1 Å². The third kappa shape index (κ3) is 1.73. The summed E-state index contributed by atoms with van der Waals surface area (Å²) < 4.78 is 5.08. The first-order chi connectivity index (χ1) is 7.24. The minimum atomic E-state index is -0.0525. The second-order valence-electron chi connectivity index (χ2n) is 3.43. The number of fused-ring (bicyclic) bond motifs is 1. The Labute approximate surface area is 87.7 Å². The van der Waals surface area contributed by atoms with E-state index in [0.717, 1.165) is 17.5 Å². The molecule has 0 atom stereocenters. The lowest BCUT2D eigenvalue weighted by molar-refractivity contribution is 0.415. The molecule has 0 spiro atoms. The second-order valence-corrected chi connectivity index (χ2v) is 3.43. The lowest BCUT2D eigenvalue weighted by Crippen LogP contribution is -2.08. The summed E-state index contributed by atoms with van der Waals surface area (Å²) in [5, 5.41) is 1.63. The van der Waals surface area contributed by atoms with Crippen molar-refractivity contribution in [2.75, 3.05) is 7.11 Å². The molecule has 0 radical (unpaired) electrons. The summed E-state index contributed by atoms with van der Waals surface area (Å²) >= 11 is 0. The smallest absolute Gasteiger partial charge is 0.256 e. The number of ether oxygens (including phenoxy) is 1. The first-order valence-electron chi connectivity index (χ1n) is 4.94. The quantitative estimate of drug-likeness (QED) is 0.812. The number of rotatable bonds is 2. The van der Waals surface area contributed by atoms with Crippen LogP contribution in [-0.4, -0.2) is 12.1 Å². The Morgan fingerprint density at radius 2 is 2.13 bits per heavy atom. The summed E-state index contributed by atoms with van der Waals surface area (Å²) in [6.07, 6.45) is 0.831. The fraction of sp³-hybridized carbons (Fsp3) is 0.250. The SMILES string of the molecule is CCc1cc2ccc(OC)cc2c(=O)[nH]1. The van der Waals surface area contributed by atoms with E-state index in [1.807, 2.05) is 25.1 Å². The summed E-state index contributed by atoms with van der Waals surface area (Å²) in [5.74, 6) is 0.706. The Bertz CT molecular complexity index is 543. The van der Waals surface area contributed by atoms with E-state index < -0.39 is 0 Å². The molecule has 2 aromatic rings. The van der Waals surface area contributed by atoms with Gasteiger partial charge in [0.1, 0.15) is 5.75 Å². The summed E-state index contributed by atoms with van der Waals surface area (Å²) in [6, 6.07) is 7.52. The third-order valence-corrected chi connectivity index (χ3v) is 2.49. The maximum absolute atomic E-state index is 11.7. The van der Waals surface area contributed by atoms with Crippen LogP contribution in [0.4, 0.5) is 0 Å². The Hall–Kier alpha value is -1.77. The Morgan fingerprint density at radius 1 is 1.33 bits per heavy atom. The lowest BCUT2D eigenvalue weighted by Gasteiger charge is -2.03. The zero-order valence-electron chi connectivity index (χ0n) is 8.83. The minimum Gasteiger partial charge on any atom is -0.497 e. The number of hydrogen-bond donors (Lipinski definition) is 1. The van der Waals surface area contributed by atoms with Crippen molar-refractivity contribution in [3.63, 3.8) is 0 Å². The van der Waals surface area contributed by atoms with Gasteiger partial charge in [-0.25, -0.2) is 0 Å². The standard InChI is InChI=1S/C12H13NO2/c1-3-9-6-8-4-5-10(15-2)7-11(8)12(14)13-9/h4-7H,3H2,1-2H3,(H,13,14). The van der Waals surface area contributed by atoms with E-state index in [0.29, 0.717) is 11.1 Å². The number of pyridine rings is 1. The Morgan fingerprint density at radius 3 is 2.80 bits per heavy atom. The first-order valence-corrected chi connectivity index (χ1v) is 4.94. The van der Waals surface area contributed by atoms with Gasteiger partial charge in [-0.3, -0.25) is 4.79 Å². The summed E-state index contributed by atoms with van der Waals surface area (Å²) in [4.78, 5) is 14.6. The minimum absolute atomic E-state index is 0.0525. The molecule has 0 saturated carbocycles. The van der Waals surface area contributed by atoms with Crippen LogP contribution in [0.1, 0.15) is 12.6 Å². The van der Waals surface area contributed by atoms with Crippen molar-refractivity contribution >= 4 is 10.8 Å². The van der Waals surface area contributed by atoms with Crippen molar-refractivity contribution in [3.05, 3.63) is 40.3 Å². The molecule has 0 fully saturated rings. The van der Waals surface area contributed by atoms with Crippen molar-refractivity contribution in [2.45, 2.75) is 13.3 Å². The van der Waals surface area contributed by atoms with E-state index in [2.05, 4.69) is 4.98 Å². The van der Waals surface area contributed by atoms with Crippen LogP contribution < -0.4 is 10.3 Å². The van der Waals surface area contributed by atoms with Gasteiger partial charge in [0.2, 0.25) is 0 Å². The molecule has 3 nitrogen and oxygen atoms in total. The molecule has 78 valence electrons. The van der Waals surface area contributed by atoms with Gasteiger partial charge in [0.05, 0.1) is 12.5 Å². The molecule has 1 aromatic heterocycles. The molecule has 0 amide bonds. The predicted molar refractivity (Wildman–Crippen MR) is 60.5 cm³/mol. The van der Waals surface area contributed by atoms with Gasteiger partial charge >= 0.3 is 0 Å². The van der Waals surface area contributed by atoms with Crippen LogP contribution in [0.5, 0.6) is 5.75 Å². The average Bonchev–Trinajstić information content (AvgIpc) is 2.28. The molecule has 0 aliphatic heterocycles.